The van der Waals surface area contributed by atoms with E-state index >= 15 is 0 Å². The van der Waals surface area contributed by atoms with Gasteiger partial charge in [-0.1, -0.05) is 0 Å². The molecule has 1 aliphatic rings. The highest BCUT2D eigenvalue weighted by atomic mass is 32.1. The monoisotopic (exact) mass is 1530 g/mol. The number of hydrogen-bond acceptors (Lipinski definition) is 30. The third kappa shape index (κ3) is 25.3. The zero-order chi connectivity index (χ0) is 72.0. The number of nitrogens with one attached hydrogen (secondary N) is 4. The molecule has 26 nitrogen and oxygen atoms in total. The minimum Gasteiger partial charge on any atom is -0.497 e. The van der Waals surface area contributed by atoms with Crippen molar-refractivity contribution in [2.24, 2.45) is 0 Å². The van der Waals surface area contributed by atoms with E-state index in [9.17, 15) is 19.2 Å². The minimum absolute atomic E-state index is 0.0979. The van der Waals surface area contributed by atoms with Gasteiger partial charge in [-0.3, -0.25) is 40.4 Å². The largest absolute Gasteiger partial charge is 0.497 e. The maximum atomic E-state index is 11.9. The molecule has 13 rings (SSSR count). The number of hydrogen-bond donors (Lipinski definition) is 4. The second-order valence-corrected chi connectivity index (χ2v) is 28.8. The molecule has 0 aliphatic carbocycles. The van der Waals surface area contributed by atoms with Crippen molar-refractivity contribution >= 4 is 136 Å². The molecule has 1 fully saturated rings. The van der Waals surface area contributed by atoms with Gasteiger partial charge < -0.3 is 47.4 Å². The molecule has 12 aromatic rings. The third-order valence-electron chi connectivity index (χ3n) is 13.0. The van der Waals surface area contributed by atoms with E-state index < -0.39 is 0 Å². The molecule has 102 heavy (non-hydrogen) atoms. The van der Waals surface area contributed by atoms with E-state index in [0.29, 0.717) is 66.8 Å². The minimum atomic E-state index is -0.282. The Hall–Kier alpha value is -9.88. The first-order chi connectivity index (χ1) is 49.5. The molecule has 0 spiro atoms. The van der Waals surface area contributed by atoms with Crippen molar-refractivity contribution in [1.82, 2.24) is 37.4 Å². The number of amides is 4. The van der Waals surface area contributed by atoms with Gasteiger partial charge in [0, 0.05) is 65.6 Å². The van der Waals surface area contributed by atoms with Crippen LogP contribution in [0.2, 0.25) is 0 Å². The summed E-state index contributed by atoms with van der Waals surface area (Å²) in [6.07, 6.45) is 0. The van der Waals surface area contributed by atoms with Gasteiger partial charge in [0.2, 0.25) is 20.5 Å². The summed E-state index contributed by atoms with van der Waals surface area (Å²) in [6.45, 7) is 10.8. The lowest BCUT2D eigenvalue weighted by atomic mass is 10.3. The van der Waals surface area contributed by atoms with Crippen molar-refractivity contribution in [1.29, 1.82) is 0 Å². The van der Waals surface area contributed by atoms with E-state index in [1.54, 1.807) is 171 Å². The third-order valence-corrected chi connectivity index (χ3v) is 19.5. The molecule has 0 bridgehead atoms. The Morgan fingerprint density at radius 1 is 0.314 bits per heavy atom. The van der Waals surface area contributed by atoms with E-state index in [1.807, 2.05) is 76.2 Å². The topological polar surface area (TPSA) is 312 Å². The molecular weight excluding hydrogens is 1470 g/mol. The molecule has 9 heterocycles. The van der Waals surface area contributed by atoms with Gasteiger partial charge in [-0.05, 0) is 173 Å². The van der Waals surface area contributed by atoms with Crippen LogP contribution in [0, 0.1) is 27.7 Å². The summed E-state index contributed by atoms with van der Waals surface area (Å²) in [5.41, 5.74) is 0. The lowest BCUT2D eigenvalue weighted by Gasteiger charge is -2.09. The van der Waals surface area contributed by atoms with Gasteiger partial charge in [0.1, 0.15) is 46.0 Å². The molecule has 0 radical (unpaired) electrons. The van der Waals surface area contributed by atoms with Crippen LogP contribution in [0.5, 0.6) is 46.0 Å². The summed E-state index contributed by atoms with van der Waals surface area (Å²) < 4.78 is 68.9. The highest BCUT2D eigenvalue weighted by molar-refractivity contribution is 7.17. The first kappa shape index (κ1) is 76.3. The summed E-state index contributed by atoms with van der Waals surface area (Å²) in [5.74, 6) is 6.70. The van der Waals surface area contributed by atoms with Crippen molar-refractivity contribution in [3.05, 3.63) is 165 Å². The van der Waals surface area contributed by atoms with Crippen LogP contribution < -0.4 is 59.2 Å². The van der Waals surface area contributed by atoms with Crippen LogP contribution in [0.4, 0.5) is 20.5 Å². The molecule has 34 heteroatoms. The molecule has 4 N–H and O–H groups in total. The van der Waals surface area contributed by atoms with E-state index in [1.165, 1.54) is 19.5 Å². The number of rotatable bonds is 24. The van der Waals surface area contributed by atoms with Crippen LogP contribution >= 0.6 is 91.5 Å². The predicted molar refractivity (Wildman–Crippen MR) is 402 cm³/mol. The van der Waals surface area contributed by atoms with Crippen molar-refractivity contribution in [2.75, 3.05) is 103 Å². The number of ether oxygens (including phenoxy) is 10. The second kappa shape index (κ2) is 39.9. The highest BCUT2D eigenvalue weighted by Gasteiger charge is 2.17. The van der Waals surface area contributed by atoms with Crippen LogP contribution in [-0.2, 0) is 28.7 Å². The summed E-state index contributed by atoms with van der Waals surface area (Å²) in [4.78, 5) is 73.8. The fraction of sp³-hybridized carbons (Fsp3) is 0.235. The molecule has 4 aromatic carbocycles. The Morgan fingerprint density at radius 2 is 0.510 bits per heavy atom. The van der Waals surface area contributed by atoms with E-state index in [4.69, 9.17) is 47.4 Å². The zero-order valence-electron chi connectivity index (χ0n) is 56.1. The summed E-state index contributed by atoms with van der Waals surface area (Å²) in [7, 11) is 6.38. The number of anilines is 4. The highest BCUT2D eigenvalue weighted by Crippen LogP contribution is 2.32. The molecule has 0 saturated carbocycles. The fourth-order valence-electron chi connectivity index (χ4n) is 8.06. The number of methoxy groups -OCH3 is 4. The summed E-state index contributed by atoms with van der Waals surface area (Å²) >= 11 is 11.1. The molecule has 0 atom stereocenters. The van der Waals surface area contributed by atoms with Crippen LogP contribution in [0.1, 0.15) is 19.5 Å². The van der Waals surface area contributed by atoms with Gasteiger partial charge in [-0.2, -0.15) is 37.4 Å². The lowest BCUT2D eigenvalue weighted by molar-refractivity contribution is -0.118. The van der Waals surface area contributed by atoms with E-state index in [2.05, 4.69) is 58.7 Å². The van der Waals surface area contributed by atoms with E-state index in [-0.39, 0.29) is 50.1 Å². The Kier molecular flexibility index (Phi) is 29.9. The normalized spacial score (nSPS) is 11.2. The number of benzene rings is 4. The van der Waals surface area contributed by atoms with Gasteiger partial charge in [0.25, 0.3) is 23.6 Å². The number of aryl methyl sites for hydroxylation is 4. The average Bonchev–Trinajstić information content (AvgIpc) is 1.72. The zero-order valence-corrected chi connectivity index (χ0v) is 62.6. The first-order valence-electron chi connectivity index (χ1n) is 30.6. The smallest absolute Gasteiger partial charge is 0.264 e. The van der Waals surface area contributed by atoms with Crippen molar-refractivity contribution in [3.8, 4) is 88.8 Å². The lowest BCUT2D eigenvalue weighted by Crippen LogP contribution is -2.20. The van der Waals surface area contributed by atoms with Gasteiger partial charge in [-0.25, -0.2) is 0 Å². The van der Waals surface area contributed by atoms with Crippen molar-refractivity contribution < 1.29 is 66.5 Å². The predicted octanol–water partition coefficient (Wildman–Crippen LogP) is 14.4. The SMILES string of the molecule is C1COCCO1.COc1ccc(OCC(=O)Nc2nc(-c3ccc(C)s3)ns2)cc1.COc1ccc(OCC(=O)Nc2nc(-c3ccc(C)s3)ns2)cc1.COc1ccc(OCC(=O)Nc2nc(-c3ccc(C)s3)ns2)cc1.COc1ccc(OCC(=O)Nc2nc(-c3ccc(C)s3)ns2)cc1. The van der Waals surface area contributed by atoms with Crippen molar-refractivity contribution in [3.63, 3.8) is 0 Å². The summed E-state index contributed by atoms with van der Waals surface area (Å²) in [6, 6.07) is 44.1. The Labute approximate surface area is 619 Å². The Bertz CT molecular complexity index is 3980. The average molecular weight is 1530 g/mol. The number of nitrogens with zero attached hydrogens (tertiary/aromatic N) is 8. The quantitative estimate of drug-likeness (QED) is 0.0437. The van der Waals surface area contributed by atoms with Gasteiger partial charge in [0.15, 0.2) is 49.7 Å². The molecule has 1 aliphatic heterocycles. The van der Waals surface area contributed by atoms with Gasteiger partial charge >= 0.3 is 0 Å². The maximum Gasteiger partial charge on any atom is 0.264 e. The molecule has 4 amide bonds. The standard InChI is InChI=1S/4C16H15N3O3S2.C4H8O2/c4*1-10-3-8-13(23-10)15-18-16(24-19-15)17-14(20)9-22-12-6-4-11(21-2)5-7-12;1-2-6-4-3-5-1/h4*3-8H,9H2,1-2H3,(H,17,18,19,20);1-4H2. The Balaban J connectivity index is 0.000000154. The van der Waals surface area contributed by atoms with Crippen LogP contribution in [-0.4, -0.2) is 142 Å². The van der Waals surface area contributed by atoms with Gasteiger partial charge in [-0.15, -0.1) is 45.3 Å². The van der Waals surface area contributed by atoms with Crippen LogP contribution in [0.25, 0.3) is 42.8 Å². The number of carbonyl (C=O) groups excluding carboxylic acids is 4. The molecule has 8 aromatic heterocycles. The number of thiophene rings is 4. The van der Waals surface area contributed by atoms with Gasteiger partial charge in [0.05, 0.1) is 74.4 Å². The summed E-state index contributed by atoms with van der Waals surface area (Å²) in [5, 5.41) is 12.6. The first-order valence-corrected chi connectivity index (χ1v) is 37.0. The second-order valence-electron chi connectivity index (χ2n) is 20.6. The maximum absolute atomic E-state index is 11.9. The van der Waals surface area contributed by atoms with Crippen LogP contribution in [0.15, 0.2) is 146 Å². The Morgan fingerprint density at radius 3 is 0.676 bits per heavy atom. The molecule has 1 saturated heterocycles. The van der Waals surface area contributed by atoms with Crippen LogP contribution in [0.3, 0.4) is 0 Å². The molecular formula is C68H68N12O14S8. The number of aromatic nitrogens is 8. The molecule has 532 valence electrons. The fourth-order valence-corrected chi connectivity index (χ4v) is 13.9. The number of carbonyl (C=O) groups is 4. The van der Waals surface area contributed by atoms with E-state index in [0.717, 1.165) is 115 Å². The van der Waals surface area contributed by atoms with Crippen molar-refractivity contribution in [2.45, 2.75) is 27.7 Å². The molecule has 0 unspecified atom stereocenters.